The van der Waals surface area contributed by atoms with Crippen LogP contribution in [0.2, 0.25) is 0 Å². The van der Waals surface area contributed by atoms with Crippen molar-refractivity contribution in [3.8, 4) is 0 Å². The Balaban J connectivity index is 1.56. The van der Waals surface area contributed by atoms with E-state index in [4.69, 9.17) is 4.74 Å². The number of hydrogen-bond donors (Lipinski definition) is 1. The largest absolute Gasteiger partial charge is 0.465 e. The summed E-state index contributed by atoms with van der Waals surface area (Å²) in [7, 11) is 1.41. The van der Waals surface area contributed by atoms with E-state index in [-0.39, 0.29) is 12.6 Å². The molecule has 6 nitrogen and oxygen atoms in total. The predicted molar refractivity (Wildman–Crippen MR) is 115 cm³/mol. The van der Waals surface area contributed by atoms with Crippen LogP contribution < -0.4 is 0 Å². The molecule has 162 valence electrons. The van der Waals surface area contributed by atoms with Crippen LogP contribution >= 0.6 is 0 Å². The van der Waals surface area contributed by atoms with E-state index in [2.05, 4.69) is 28.5 Å². The first-order valence-corrected chi connectivity index (χ1v) is 11.0. The number of rotatable bonds is 7. The summed E-state index contributed by atoms with van der Waals surface area (Å²) in [5.41, 5.74) is 1.80. The molecule has 2 aliphatic rings. The highest BCUT2D eigenvalue weighted by Gasteiger charge is 2.33. The second-order valence-electron chi connectivity index (χ2n) is 8.69. The third-order valence-electron chi connectivity index (χ3n) is 6.55. The highest BCUT2D eigenvalue weighted by Crippen LogP contribution is 2.25. The molecule has 0 saturated carbocycles. The number of ether oxygens (including phenoxy) is 1. The van der Waals surface area contributed by atoms with Crippen LogP contribution in [0.5, 0.6) is 0 Å². The lowest BCUT2D eigenvalue weighted by atomic mass is 9.97. The molecule has 0 unspecified atom stereocenters. The maximum atomic E-state index is 11.6. The molecule has 29 heavy (non-hydrogen) atoms. The molecule has 6 heteroatoms. The Hall–Kier alpha value is -1.47. The van der Waals surface area contributed by atoms with Crippen LogP contribution in [-0.4, -0.2) is 90.3 Å². The molecule has 1 atom stereocenters. The summed E-state index contributed by atoms with van der Waals surface area (Å²) < 4.78 is 4.77. The molecule has 0 spiro atoms. The van der Waals surface area contributed by atoms with Gasteiger partial charge in [-0.25, -0.2) is 4.79 Å². The van der Waals surface area contributed by atoms with Crippen molar-refractivity contribution < 1.29 is 14.6 Å². The van der Waals surface area contributed by atoms with Crippen molar-refractivity contribution >= 4 is 5.97 Å². The highest BCUT2D eigenvalue weighted by atomic mass is 16.5. The number of carbonyl (C=O) groups is 1. The van der Waals surface area contributed by atoms with Gasteiger partial charge in [0.1, 0.15) is 0 Å². The Kier molecular flexibility index (Phi) is 8.07. The van der Waals surface area contributed by atoms with Crippen molar-refractivity contribution in [2.24, 2.45) is 0 Å². The number of esters is 1. The Morgan fingerprint density at radius 3 is 2.41 bits per heavy atom. The Morgan fingerprint density at radius 1 is 1.14 bits per heavy atom. The minimum atomic E-state index is -0.295. The summed E-state index contributed by atoms with van der Waals surface area (Å²) in [5, 5.41) is 9.63. The van der Waals surface area contributed by atoms with E-state index in [9.17, 15) is 9.90 Å². The van der Waals surface area contributed by atoms with E-state index in [1.54, 1.807) is 0 Å². The normalized spacial score (nSPS) is 22.9. The first kappa shape index (κ1) is 22.2. The van der Waals surface area contributed by atoms with E-state index in [0.29, 0.717) is 23.7 Å². The maximum Gasteiger partial charge on any atom is 0.337 e. The monoisotopic (exact) mass is 403 g/mol. The zero-order valence-corrected chi connectivity index (χ0v) is 18.2. The van der Waals surface area contributed by atoms with Gasteiger partial charge in [-0.1, -0.05) is 12.1 Å². The molecule has 2 heterocycles. The van der Waals surface area contributed by atoms with Gasteiger partial charge in [0, 0.05) is 50.9 Å². The number of piperidine rings is 1. The molecule has 1 aromatic rings. The van der Waals surface area contributed by atoms with Gasteiger partial charge in [0.15, 0.2) is 0 Å². The summed E-state index contributed by atoms with van der Waals surface area (Å²) in [5.74, 6) is -0.295. The van der Waals surface area contributed by atoms with E-state index in [1.165, 1.54) is 38.6 Å². The molecule has 0 bridgehead atoms. The molecule has 0 aliphatic carbocycles. The lowest BCUT2D eigenvalue weighted by Gasteiger charge is -2.48. The van der Waals surface area contributed by atoms with Crippen molar-refractivity contribution in [2.45, 2.75) is 57.8 Å². The predicted octanol–water partition coefficient (Wildman–Crippen LogP) is 2.21. The number of likely N-dealkylation sites (tertiary alicyclic amines) is 1. The van der Waals surface area contributed by atoms with Gasteiger partial charge in [-0.3, -0.25) is 9.80 Å². The quantitative estimate of drug-likeness (QED) is 0.705. The Bertz CT molecular complexity index is 641. The summed E-state index contributed by atoms with van der Waals surface area (Å²) in [6.07, 6.45) is 3.30. The number of hydrogen-bond acceptors (Lipinski definition) is 6. The van der Waals surface area contributed by atoms with Gasteiger partial charge < -0.3 is 14.7 Å². The fourth-order valence-electron chi connectivity index (χ4n) is 4.82. The van der Waals surface area contributed by atoms with Crippen molar-refractivity contribution in [2.75, 3.05) is 46.4 Å². The number of carbonyl (C=O) groups excluding carboxylic acids is 1. The van der Waals surface area contributed by atoms with Gasteiger partial charge in [-0.2, -0.15) is 0 Å². The second-order valence-corrected chi connectivity index (χ2v) is 8.69. The van der Waals surface area contributed by atoms with E-state index in [0.717, 1.165) is 32.6 Å². The lowest BCUT2D eigenvalue weighted by molar-refractivity contribution is -0.0000292. The van der Waals surface area contributed by atoms with Gasteiger partial charge in [0.05, 0.1) is 12.7 Å². The third kappa shape index (κ3) is 5.79. The van der Waals surface area contributed by atoms with E-state index >= 15 is 0 Å². The van der Waals surface area contributed by atoms with Crippen molar-refractivity contribution in [1.82, 2.24) is 14.7 Å². The van der Waals surface area contributed by atoms with Crippen LogP contribution in [0.1, 0.15) is 49.0 Å². The fraction of sp³-hybridized carbons (Fsp3) is 0.696. The zero-order valence-electron chi connectivity index (χ0n) is 18.2. The van der Waals surface area contributed by atoms with Gasteiger partial charge in [-0.05, 0) is 63.9 Å². The van der Waals surface area contributed by atoms with Gasteiger partial charge >= 0.3 is 5.97 Å². The standard InChI is InChI=1S/C23H37N3O3/c1-18(2)25-11-8-21(9-12-25)26-14-13-24(17-22(26)10-15-27)16-19-4-6-20(7-5-19)23(28)29-3/h4-7,18,21-22,27H,8-17H2,1-3H3/t22-/m0/s1. The molecule has 2 aliphatic heterocycles. The average molecular weight is 404 g/mol. The fourth-order valence-corrected chi connectivity index (χ4v) is 4.82. The SMILES string of the molecule is COC(=O)c1ccc(CN2CCN(C3CCN(C(C)C)CC3)[C@@H](CCO)C2)cc1. The number of benzene rings is 1. The summed E-state index contributed by atoms with van der Waals surface area (Å²) >= 11 is 0. The molecule has 1 N–H and O–H groups in total. The number of nitrogens with zero attached hydrogens (tertiary/aromatic N) is 3. The highest BCUT2D eigenvalue weighted by molar-refractivity contribution is 5.89. The molecule has 2 fully saturated rings. The Labute approximate surface area is 175 Å². The molecule has 1 aromatic carbocycles. The summed E-state index contributed by atoms with van der Waals surface area (Å²) in [4.78, 5) is 19.3. The van der Waals surface area contributed by atoms with Gasteiger partial charge in [0.25, 0.3) is 0 Å². The number of aliphatic hydroxyl groups is 1. The number of methoxy groups -OCH3 is 1. The van der Waals surface area contributed by atoms with Crippen LogP contribution in [-0.2, 0) is 11.3 Å². The van der Waals surface area contributed by atoms with E-state index in [1.807, 2.05) is 24.3 Å². The minimum absolute atomic E-state index is 0.244. The second kappa shape index (κ2) is 10.5. The molecule has 0 radical (unpaired) electrons. The average Bonchev–Trinajstić information content (AvgIpc) is 2.74. The molecular formula is C23H37N3O3. The first-order chi connectivity index (χ1) is 14.0. The lowest BCUT2D eigenvalue weighted by Crippen LogP contribution is -2.58. The van der Waals surface area contributed by atoms with Crippen LogP contribution in [0.25, 0.3) is 0 Å². The molecule has 0 aromatic heterocycles. The van der Waals surface area contributed by atoms with Crippen molar-refractivity contribution in [3.05, 3.63) is 35.4 Å². The van der Waals surface area contributed by atoms with Gasteiger partial charge in [-0.15, -0.1) is 0 Å². The zero-order chi connectivity index (χ0) is 20.8. The van der Waals surface area contributed by atoms with Crippen LogP contribution in [0.3, 0.4) is 0 Å². The van der Waals surface area contributed by atoms with E-state index < -0.39 is 0 Å². The Morgan fingerprint density at radius 2 is 1.83 bits per heavy atom. The smallest absolute Gasteiger partial charge is 0.337 e. The minimum Gasteiger partial charge on any atom is -0.465 e. The van der Waals surface area contributed by atoms with Crippen LogP contribution in [0.15, 0.2) is 24.3 Å². The molecule has 2 saturated heterocycles. The van der Waals surface area contributed by atoms with Crippen LogP contribution in [0.4, 0.5) is 0 Å². The topological polar surface area (TPSA) is 56.2 Å². The third-order valence-corrected chi connectivity index (χ3v) is 6.55. The molecule has 3 rings (SSSR count). The first-order valence-electron chi connectivity index (χ1n) is 11.0. The van der Waals surface area contributed by atoms with Crippen LogP contribution in [0, 0.1) is 0 Å². The van der Waals surface area contributed by atoms with Crippen molar-refractivity contribution in [1.29, 1.82) is 0 Å². The summed E-state index contributed by atoms with van der Waals surface area (Å²) in [6.45, 7) is 11.2. The van der Waals surface area contributed by atoms with Gasteiger partial charge in [0.2, 0.25) is 0 Å². The molecule has 0 amide bonds. The maximum absolute atomic E-state index is 11.6. The number of aliphatic hydroxyl groups excluding tert-OH is 1. The summed E-state index contributed by atoms with van der Waals surface area (Å²) in [6, 6.07) is 9.40. The molecular weight excluding hydrogens is 366 g/mol. The number of piperazine rings is 1. The van der Waals surface area contributed by atoms with Crippen molar-refractivity contribution in [3.63, 3.8) is 0 Å².